The van der Waals surface area contributed by atoms with Crippen LogP contribution >= 0.6 is 0 Å². The van der Waals surface area contributed by atoms with E-state index in [-0.39, 0.29) is 18.8 Å². The molecule has 0 aliphatic rings. The molecule has 0 aliphatic heterocycles. The van der Waals surface area contributed by atoms with E-state index in [2.05, 4.69) is 26.3 Å². The Labute approximate surface area is 269 Å². The van der Waals surface area contributed by atoms with Crippen LogP contribution in [0.4, 0.5) is 0 Å². The van der Waals surface area contributed by atoms with Gasteiger partial charge in [-0.25, -0.2) is 4.79 Å². The van der Waals surface area contributed by atoms with Crippen molar-refractivity contribution >= 4 is 40.5 Å². The highest BCUT2D eigenvalue weighted by Gasteiger charge is 2.33. The van der Waals surface area contributed by atoms with E-state index in [1.165, 1.54) is 0 Å². The van der Waals surface area contributed by atoms with Crippen molar-refractivity contribution in [2.45, 2.75) is 96.4 Å². The number of aliphatic hydroxyl groups is 1. The van der Waals surface area contributed by atoms with E-state index < -0.39 is 72.3 Å². The Hall–Kier alpha value is -4.01. The van der Waals surface area contributed by atoms with Gasteiger partial charge in [-0.05, 0) is 49.3 Å². The number of H-pyrrole nitrogens is 1. The van der Waals surface area contributed by atoms with Gasteiger partial charge in [-0.3, -0.25) is 19.2 Å². The maximum atomic E-state index is 13.7. The first-order valence-corrected chi connectivity index (χ1v) is 15.9. The summed E-state index contributed by atoms with van der Waals surface area (Å²) < 4.78 is 0. The summed E-state index contributed by atoms with van der Waals surface area (Å²) in [4.78, 5) is 68.1. The predicted molar refractivity (Wildman–Crippen MR) is 174 cm³/mol. The highest BCUT2D eigenvalue weighted by molar-refractivity contribution is 5.96. The molecular formula is C32H51N7O7. The van der Waals surface area contributed by atoms with Crippen LogP contribution in [0, 0.1) is 11.8 Å². The number of carboxylic acid groups (broad SMARTS) is 1. The molecule has 1 heterocycles. The third kappa shape index (κ3) is 11.4. The van der Waals surface area contributed by atoms with Gasteiger partial charge in [0.15, 0.2) is 0 Å². The molecule has 2 aromatic rings. The van der Waals surface area contributed by atoms with E-state index >= 15 is 0 Å². The topological polar surface area (TPSA) is 242 Å². The van der Waals surface area contributed by atoms with Crippen molar-refractivity contribution in [2.75, 3.05) is 13.2 Å². The molecule has 14 nitrogen and oxygen atoms in total. The van der Waals surface area contributed by atoms with Gasteiger partial charge in [-0.15, -0.1) is 0 Å². The summed E-state index contributed by atoms with van der Waals surface area (Å²) in [5.41, 5.74) is 13.1. The van der Waals surface area contributed by atoms with E-state index in [0.717, 1.165) is 10.9 Å². The first kappa shape index (κ1) is 38.2. The number of amides is 4. The van der Waals surface area contributed by atoms with Crippen molar-refractivity contribution < 1.29 is 34.2 Å². The number of aliphatic hydroxyl groups excluding tert-OH is 1. The van der Waals surface area contributed by atoms with Crippen molar-refractivity contribution in [3.63, 3.8) is 0 Å². The zero-order chi connectivity index (χ0) is 34.4. The van der Waals surface area contributed by atoms with Gasteiger partial charge in [-0.1, -0.05) is 58.7 Å². The molecule has 4 amide bonds. The molecule has 0 unspecified atom stereocenters. The average molecular weight is 646 g/mol. The van der Waals surface area contributed by atoms with Crippen molar-refractivity contribution in [1.82, 2.24) is 26.3 Å². The van der Waals surface area contributed by atoms with Crippen molar-refractivity contribution in [3.8, 4) is 0 Å². The van der Waals surface area contributed by atoms with E-state index in [0.29, 0.717) is 37.8 Å². The highest BCUT2D eigenvalue weighted by atomic mass is 16.4. The molecule has 0 spiro atoms. The van der Waals surface area contributed by atoms with Crippen LogP contribution in [0.2, 0.25) is 0 Å². The van der Waals surface area contributed by atoms with Gasteiger partial charge in [0.2, 0.25) is 23.6 Å². The molecule has 0 fully saturated rings. The van der Waals surface area contributed by atoms with Crippen molar-refractivity contribution in [1.29, 1.82) is 0 Å². The number of aromatic amines is 1. The summed E-state index contributed by atoms with van der Waals surface area (Å²) in [6.45, 7) is 6.88. The van der Waals surface area contributed by atoms with Crippen LogP contribution in [0.15, 0.2) is 30.5 Å². The van der Waals surface area contributed by atoms with E-state index in [1.54, 1.807) is 20.0 Å². The molecular weight excluding hydrogens is 594 g/mol. The SMILES string of the molecule is CC[C@H](C)[C@H](NC(=O)[C@H](CO)NC(=O)[C@H](Cc1c[nH]c2ccccc12)NC(=O)[C@H](CC(C)C)NC(=O)[C@@H](N)CCCCN)C(=O)O. The molecule has 0 aliphatic carbocycles. The molecule has 14 heteroatoms. The maximum Gasteiger partial charge on any atom is 0.326 e. The first-order valence-electron chi connectivity index (χ1n) is 15.9. The molecule has 11 N–H and O–H groups in total. The number of nitrogens with two attached hydrogens (primary N) is 2. The van der Waals surface area contributed by atoms with E-state index in [4.69, 9.17) is 11.5 Å². The minimum atomic E-state index is -1.49. The van der Waals surface area contributed by atoms with E-state index in [9.17, 15) is 34.2 Å². The second-order valence-electron chi connectivity index (χ2n) is 12.2. The Balaban J connectivity index is 2.32. The average Bonchev–Trinajstić information content (AvgIpc) is 3.43. The molecule has 6 atom stereocenters. The number of benzene rings is 1. The number of aliphatic carboxylic acids is 1. The molecule has 256 valence electrons. The number of carbonyl (C=O) groups excluding carboxylic acids is 4. The lowest BCUT2D eigenvalue weighted by molar-refractivity contribution is -0.144. The van der Waals surface area contributed by atoms with Gasteiger partial charge in [0.25, 0.3) is 0 Å². The van der Waals surface area contributed by atoms with E-state index in [1.807, 2.05) is 38.1 Å². The third-order valence-electron chi connectivity index (χ3n) is 7.97. The lowest BCUT2D eigenvalue weighted by Crippen LogP contribution is -2.60. The summed E-state index contributed by atoms with van der Waals surface area (Å²) in [7, 11) is 0. The number of carbonyl (C=O) groups is 5. The maximum absolute atomic E-state index is 13.7. The molecule has 1 aromatic carbocycles. The normalized spacial score (nSPS) is 15.3. The van der Waals surface area contributed by atoms with Crippen LogP contribution in [-0.2, 0) is 30.4 Å². The number of hydrogen-bond acceptors (Lipinski definition) is 8. The van der Waals surface area contributed by atoms with Crippen LogP contribution in [0.3, 0.4) is 0 Å². The Bertz CT molecular complexity index is 1310. The summed E-state index contributed by atoms with van der Waals surface area (Å²) in [5.74, 6) is -4.43. The summed E-state index contributed by atoms with van der Waals surface area (Å²) in [6, 6.07) is 1.61. The molecule has 0 saturated heterocycles. The smallest absolute Gasteiger partial charge is 0.326 e. The molecule has 1 aromatic heterocycles. The standard InChI is InChI=1S/C32H51N7O7/c1-5-19(4)27(32(45)46)39-31(44)26(17-40)38-30(43)25(15-20-16-35-23-12-7-6-10-21(20)23)37-29(42)24(14-18(2)3)36-28(41)22(34)11-8-9-13-33/h6-7,10,12,16,18-19,22,24-27,35,40H,5,8-9,11,13-15,17,33-34H2,1-4H3,(H,36,41)(H,37,42)(H,38,43)(H,39,44)(H,45,46)/t19-,22-,24-,25-,26-,27-/m0/s1. The summed E-state index contributed by atoms with van der Waals surface area (Å²) in [5, 5.41) is 30.7. The van der Waals surface area contributed by atoms with Gasteiger partial charge in [0.05, 0.1) is 12.6 Å². The number of aromatic nitrogens is 1. The van der Waals surface area contributed by atoms with Crippen LogP contribution in [-0.4, -0.2) is 88.2 Å². The van der Waals surface area contributed by atoms with Gasteiger partial charge in [0.1, 0.15) is 24.2 Å². The zero-order valence-corrected chi connectivity index (χ0v) is 27.2. The lowest BCUT2D eigenvalue weighted by Gasteiger charge is -2.27. The van der Waals surface area contributed by atoms with Crippen molar-refractivity contribution in [3.05, 3.63) is 36.0 Å². The minimum Gasteiger partial charge on any atom is -0.480 e. The summed E-state index contributed by atoms with van der Waals surface area (Å²) in [6.07, 6.45) is 4.22. The van der Waals surface area contributed by atoms with Gasteiger partial charge in [0, 0.05) is 23.5 Å². The third-order valence-corrected chi connectivity index (χ3v) is 7.97. The second-order valence-corrected chi connectivity index (χ2v) is 12.2. The number of unbranched alkanes of at least 4 members (excludes halogenated alkanes) is 1. The monoisotopic (exact) mass is 645 g/mol. The van der Waals surface area contributed by atoms with Crippen LogP contribution in [0.5, 0.6) is 0 Å². The number of para-hydroxylation sites is 1. The minimum absolute atomic E-state index is 0.000525. The molecule has 46 heavy (non-hydrogen) atoms. The number of rotatable bonds is 20. The molecule has 2 rings (SSSR count). The fraction of sp³-hybridized carbons (Fsp3) is 0.594. The fourth-order valence-corrected chi connectivity index (χ4v) is 5.03. The first-order chi connectivity index (χ1) is 21.8. The molecule has 0 bridgehead atoms. The second kappa shape index (κ2) is 18.8. The number of hydrogen-bond donors (Lipinski definition) is 9. The molecule has 0 saturated carbocycles. The largest absolute Gasteiger partial charge is 0.480 e. The quantitative estimate of drug-likeness (QED) is 0.0897. The Morgan fingerprint density at radius 3 is 2.09 bits per heavy atom. The Morgan fingerprint density at radius 2 is 1.48 bits per heavy atom. The number of carboxylic acids is 1. The van der Waals surface area contributed by atoms with Crippen LogP contribution in [0.25, 0.3) is 10.9 Å². The van der Waals surface area contributed by atoms with Gasteiger partial charge >= 0.3 is 5.97 Å². The van der Waals surface area contributed by atoms with Gasteiger partial charge < -0.3 is 47.9 Å². The molecule has 0 radical (unpaired) electrons. The zero-order valence-electron chi connectivity index (χ0n) is 27.2. The highest BCUT2D eigenvalue weighted by Crippen LogP contribution is 2.20. The Kier molecular flexibility index (Phi) is 15.6. The van der Waals surface area contributed by atoms with Crippen LogP contribution in [0.1, 0.15) is 65.4 Å². The van der Waals surface area contributed by atoms with Crippen molar-refractivity contribution in [2.24, 2.45) is 23.3 Å². The Morgan fingerprint density at radius 1 is 0.870 bits per heavy atom. The predicted octanol–water partition coefficient (Wildman–Crippen LogP) is 0.275. The number of nitrogens with one attached hydrogen (secondary N) is 5. The lowest BCUT2D eigenvalue weighted by atomic mass is 9.98. The fourth-order valence-electron chi connectivity index (χ4n) is 5.03. The summed E-state index contributed by atoms with van der Waals surface area (Å²) >= 11 is 0. The van der Waals surface area contributed by atoms with Crippen LogP contribution < -0.4 is 32.7 Å². The number of fused-ring (bicyclic) bond motifs is 1. The van der Waals surface area contributed by atoms with Gasteiger partial charge in [-0.2, -0.15) is 0 Å².